The van der Waals surface area contributed by atoms with Crippen LogP contribution in [0.5, 0.6) is 0 Å². The van der Waals surface area contributed by atoms with Crippen molar-refractivity contribution >= 4 is 15.9 Å². The third kappa shape index (κ3) is 2.14. The van der Waals surface area contributed by atoms with E-state index in [0.29, 0.717) is 16.7 Å². The van der Waals surface area contributed by atoms with Gasteiger partial charge in [-0.1, -0.05) is 28.1 Å². The van der Waals surface area contributed by atoms with Gasteiger partial charge in [0, 0.05) is 10.0 Å². The molecule has 0 saturated heterocycles. The van der Waals surface area contributed by atoms with Crippen LogP contribution in [-0.4, -0.2) is 0 Å². The van der Waals surface area contributed by atoms with Crippen LogP contribution in [0.15, 0.2) is 40.9 Å². The van der Waals surface area contributed by atoms with Crippen LogP contribution in [0.3, 0.4) is 0 Å². The summed E-state index contributed by atoms with van der Waals surface area (Å²) in [5, 5.41) is 0. The van der Waals surface area contributed by atoms with Gasteiger partial charge in [-0.15, -0.1) is 0 Å². The van der Waals surface area contributed by atoms with E-state index < -0.39 is 0 Å². The molecule has 0 bridgehead atoms. The molecule has 0 saturated carbocycles. The molecule has 0 nitrogen and oxygen atoms in total. The Balaban J connectivity index is 2.59. The lowest BCUT2D eigenvalue weighted by atomic mass is 10.0. The maximum atomic E-state index is 13.9. The van der Waals surface area contributed by atoms with Gasteiger partial charge >= 0.3 is 0 Å². The van der Waals surface area contributed by atoms with Crippen molar-refractivity contribution in [2.24, 2.45) is 0 Å². The molecule has 0 spiro atoms. The first-order valence-electron chi connectivity index (χ1n) is 4.79. The van der Waals surface area contributed by atoms with E-state index in [4.69, 9.17) is 0 Å². The zero-order valence-electron chi connectivity index (χ0n) is 8.60. The summed E-state index contributed by atoms with van der Waals surface area (Å²) in [4.78, 5) is 0. The molecule has 0 atom stereocenters. The predicted octanol–water partition coefficient (Wildman–Crippen LogP) is 4.70. The van der Waals surface area contributed by atoms with Crippen molar-refractivity contribution < 1.29 is 8.78 Å². The first kappa shape index (κ1) is 11.3. The molecule has 2 aromatic rings. The summed E-state index contributed by atoms with van der Waals surface area (Å²) in [5.74, 6) is -0.592. The Hall–Kier alpha value is -1.22. The molecule has 2 rings (SSSR count). The van der Waals surface area contributed by atoms with Crippen LogP contribution in [-0.2, 0) is 0 Å². The van der Waals surface area contributed by atoms with E-state index >= 15 is 0 Å². The fourth-order valence-corrected chi connectivity index (χ4v) is 2.14. The molecule has 0 aliphatic carbocycles. The van der Waals surface area contributed by atoms with E-state index in [1.807, 2.05) is 0 Å². The Bertz CT molecular complexity index is 518. The average molecular weight is 283 g/mol. The van der Waals surface area contributed by atoms with Crippen molar-refractivity contribution in [2.75, 3.05) is 0 Å². The standard InChI is InChI=1S/C13H9BrF2/c1-8-6-10(14)7-12(13(8)16)9-2-4-11(15)5-3-9/h2-7H,1H3. The van der Waals surface area contributed by atoms with Crippen molar-refractivity contribution in [3.05, 3.63) is 58.1 Å². The van der Waals surface area contributed by atoms with Gasteiger partial charge in [0.05, 0.1) is 0 Å². The highest BCUT2D eigenvalue weighted by Gasteiger charge is 2.09. The molecule has 0 aliphatic rings. The first-order valence-corrected chi connectivity index (χ1v) is 5.59. The molecule has 0 unspecified atom stereocenters. The summed E-state index contributed by atoms with van der Waals surface area (Å²) < 4.78 is 27.4. The van der Waals surface area contributed by atoms with Gasteiger partial charge in [0.25, 0.3) is 0 Å². The Kier molecular flexibility index (Phi) is 3.06. The lowest BCUT2D eigenvalue weighted by Crippen LogP contribution is -1.89. The molecule has 2 aromatic carbocycles. The predicted molar refractivity (Wildman–Crippen MR) is 64.2 cm³/mol. The van der Waals surface area contributed by atoms with Gasteiger partial charge in [-0.3, -0.25) is 0 Å². The number of aryl methyl sites for hydroxylation is 1. The number of rotatable bonds is 1. The smallest absolute Gasteiger partial charge is 0.134 e. The topological polar surface area (TPSA) is 0 Å². The summed E-state index contributed by atoms with van der Waals surface area (Å²) in [6.07, 6.45) is 0. The minimum atomic E-state index is -0.323. The highest BCUT2D eigenvalue weighted by Crippen LogP contribution is 2.28. The van der Waals surface area contributed by atoms with Crippen LogP contribution in [0.1, 0.15) is 5.56 Å². The highest BCUT2D eigenvalue weighted by molar-refractivity contribution is 9.10. The van der Waals surface area contributed by atoms with Crippen molar-refractivity contribution in [3.8, 4) is 11.1 Å². The zero-order chi connectivity index (χ0) is 11.7. The Morgan fingerprint density at radius 3 is 2.25 bits per heavy atom. The minimum Gasteiger partial charge on any atom is -0.207 e. The SMILES string of the molecule is Cc1cc(Br)cc(-c2ccc(F)cc2)c1F. The van der Waals surface area contributed by atoms with Gasteiger partial charge in [0.15, 0.2) is 0 Å². The molecular formula is C13H9BrF2. The Morgan fingerprint density at radius 2 is 1.62 bits per heavy atom. The Labute approximate surface area is 101 Å². The largest absolute Gasteiger partial charge is 0.207 e. The molecule has 3 heteroatoms. The summed E-state index contributed by atoms with van der Waals surface area (Å²) in [7, 11) is 0. The van der Waals surface area contributed by atoms with Crippen molar-refractivity contribution in [2.45, 2.75) is 6.92 Å². The molecule has 82 valence electrons. The number of benzene rings is 2. The van der Waals surface area contributed by atoms with Crippen LogP contribution >= 0.6 is 15.9 Å². The van der Waals surface area contributed by atoms with Crippen molar-refractivity contribution in [3.63, 3.8) is 0 Å². The molecule has 0 radical (unpaired) electrons. The second-order valence-electron chi connectivity index (χ2n) is 3.59. The van der Waals surface area contributed by atoms with Crippen LogP contribution in [0.25, 0.3) is 11.1 Å². The number of hydrogen-bond donors (Lipinski definition) is 0. The van der Waals surface area contributed by atoms with Gasteiger partial charge in [-0.25, -0.2) is 8.78 Å². The molecule has 0 aliphatic heterocycles. The van der Waals surface area contributed by atoms with Gasteiger partial charge in [0.1, 0.15) is 11.6 Å². The first-order chi connectivity index (χ1) is 7.58. The van der Waals surface area contributed by atoms with Crippen LogP contribution in [0.2, 0.25) is 0 Å². The van der Waals surface area contributed by atoms with Gasteiger partial charge in [0.2, 0.25) is 0 Å². The van der Waals surface area contributed by atoms with E-state index in [1.54, 1.807) is 31.2 Å². The minimum absolute atomic E-state index is 0.269. The fourth-order valence-electron chi connectivity index (χ4n) is 1.57. The van der Waals surface area contributed by atoms with E-state index in [9.17, 15) is 8.78 Å². The van der Waals surface area contributed by atoms with Crippen molar-refractivity contribution in [1.29, 1.82) is 0 Å². The fraction of sp³-hybridized carbons (Fsp3) is 0.0769. The Morgan fingerprint density at radius 1 is 1.00 bits per heavy atom. The normalized spacial score (nSPS) is 10.5. The summed E-state index contributed by atoms with van der Waals surface area (Å²) in [6.45, 7) is 1.70. The second kappa shape index (κ2) is 4.34. The van der Waals surface area contributed by atoms with Gasteiger partial charge < -0.3 is 0 Å². The monoisotopic (exact) mass is 282 g/mol. The molecule has 16 heavy (non-hydrogen) atoms. The second-order valence-corrected chi connectivity index (χ2v) is 4.51. The van der Waals surface area contributed by atoms with E-state index in [2.05, 4.69) is 15.9 Å². The molecule has 0 heterocycles. The third-order valence-electron chi connectivity index (χ3n) is 2.37. The van der Waals surface area contributed by atoms with Crippen LogP contribution in [0.4, 0.5) is 8.78 Å². The lowest BCUT2D eigenvalue weighted by Gasteiger charge is -2.07. The zero-order valence-corrected chi connectivity index (χ0v) is 10.2. The van der Waals surface area contributed by atoms with E-state index in [1.165, 1.54) is 12.1 Å². The maximum absolute atomic E-state index is 13.9. The summed E-state index contributed by atoms with van der Waals surface area (Å²) in [6, 6.07) is 9.19. The van der Waals surface area contributed by atoms with Crippen molar-refractivity contribution in [1.82, 2.24) is 0 Å². The maximum Gasteiger partial charge on any atom is 0.134 e. The van der Waals surface area contributed by atoms with Crippen LogP contribution < -0.4 is 0 Å². The molecule has 0 N–H and O–H groups in total. The summed E-state index contributed by atoms with van der Waals surface area (Å²) in [5.41, 5.74) is 1.71. The molecule has 0 amide bonds. The quantitative estimate of drug-likeness (QED) is 0.711. The lowest BCUT2D eigenvalue weighted by molar-refractivity contribution is 0.620. The third-order valence-corrected chi connectivity index (χ3v) is 2.83. The molecule has 0 fully saturated rings. The highest BCUT2D eigenvalue weighted by atomic mass is 79.9. The van der Waals surface area contributed by atoms with E-state index in [0.717, 1.165) is 4.47 Å². The molecular weight excluding hydrogens is 274 g/mol. The van der Waals surface area contributed by atoms with Gasteiger partial charge in [-0.05, 0) is 42.3 Å². The number of halogens is 3. The number of hydrogen-bond acceptors (Lipinski definition) is 0. The molecule has 0 aromatic heterocycles. The van der Waals surface area contributed by atoms with E-state index in [-0.39, 0.29) is 11.6 Å². The van der Waals surface area contributed by atoms with Crippen LogP contribution in [0, 0.1) is 18.6 Å². The summed E-state index contributed by atoms with van der Waals surface area (Å²) >= 11 is 3.32. The average Bonchev–Trinajstić information content (AvgIpc) is 2.25. The van der Waals surface area contributed by atoms with Gasteiger partial charge in [-0.2, -0.15) is 0 Å².